The maximum atomic E-state index is 12.1. The van der Waals surface area contributed by atoms with Gasteiger partial charge in [-0.25, -0.2) is 4.98 Å². The molecule has 1 saturated heterocycles. The molecule has 4 nitrogen and oxygen atoms in total. The summed E-state index contributed by atoms with van der Waals surface area (Å²) in [4.78, 5) is 19.2. The molecule has 2 heterocycles. The minimum absolute atomic E-state index is 0.105. The van der Waals surface area contributed by atoms with E-state index in [0.29, 0.717) is 10.7 Å². The van der Waals surface area contributed by atoms with Crippen LogP contribution in [0.2, 0.25) is 0 Å². The molecule has 1 fully saturated rings. The zero-order valence-electron chi connectivity index (χ0n) is 13.7. The Morgan fingerprint density at radius 2 is 1.96 bits per heavy atom. The first-order valence-corrected chi connectivity index (χ1v) is 9.01. The van der Waals surface area contributed by atoms with E-state index in [-0.39, 0.29) is 5.91 Å². The van der Waals surface area contributed by atoms with Crippen molar-refractivity contribution < 1.29 is 4.79 Å². The van der Waals surface area contributed by atoms with Crippen LogP contribution in [-0.4, -0.2) is 28.9 Å². The van der Waals surface area contributed by atoms with Crippen LogP contribution in [0.1, 0.15) is 36.3 Å². The third kappa shape index (κ3) is 4.39. The highest BCUT2D eigenvalue weighted by Crippen LogP contribution is 2.24. The lowest BCUT2D eigenvalue weighted by molar-refractivity contribution is 0.102. The number of anilines is 1. The van der Waals surface area contributed by atoms with E-state index in [1.807, 2.05) is 23.6 Å². The Morgan fingerprint density at radius 1 is 1.26 bits per heavy atom. The fourth-order valence-electron chi connectivity index (χ4n) is 3.35. The van der Waals surface area contributed by atoms with Gasteiger partial charge in [0.15, 0.2) is 5.13 Å². The van der Waals surface area contributed by atoms with Gasteiger partial charge in [0.1, 0.15) is 0 Å². The van der Waals surface area contributed by atoms with Crippen LogP contribution in [-0.2, 0) is 6.54 Å². The van der Waals surface area contributed by atoms with Crippen LogP contribution in [0.15, 0.2) is 35.7 Å². The summed E-state index contributed by atoms with van der Waals surface area (Å²) in [5.74, 6) is 1.39. The number of hydrogen-bond acceptors (Lipinski definition) is 4. The summed E-state index contributed by atoms with van der Waals surface area (Å²) >= 11 is 1.49. The number of likely N-dealkylation sites (tertiary alicyclic amines) is 1. The molecule has 1 aliphatic heterocycles. The van der Waals surface area contributed by atoms with Gasteiger partial charge in [0.25, 0.3) is 5.91 Å². The molecule has 3 rings (SSSR count). The summed E-state index contributed by atoms with van der Waals surface area (Å²) in [6.07, 6.45) is 1.31. The Kier molecular flexibility index (Phi) is 5.08. The van der Waals surface area contributed by atoms with Crippen LogP contribution in [0.3, 0.4) is 0 Å². The second-order valence-corrected chi connectivity index (χ2v) is 7.46. The third-order valence-corrected chi connectivity index (χ3v) is 4.94. The highest BCUT2D eigenvalue weighted by Gasteiger charge is 2.22. The Labute approximate surface area is 141 Å². The largest absolute Gasteiger partial charge is 0.298 e. The van der Waals surface area contributed by atoms with Crippen LogP contribution in [0, 0.1) is 11.8 Å². The molecule has 1 N–H and O–H groups in total. The van der Waals surface area contributed by atoms with E-state index < -0.39 is 0 Å². The molecule has 5 heteroatoms. The molecular formula is C18H23N3OS. The third-order valence-electron chi connectivity index (χ3n) is 4.14. The van der Waals surface area contributed by atoms with Crippen LogP contribution in [0.25, 0.3) is 0 Å². The van der Waals surface area contributed by atoms with Crippen molar-refractivity contribution in [2.24, 2.45) is 11.8 Å². The van der Waals surface area contributed by atoms with E-state index in [4.69, 9.17) is 0 Å². The van der Waals surface area contributed by atoms with Gasteiger partial charge in [0.05, 0.1) is 5.69 Å². The molecule has 0 saturated carbocycles. The minimum Gasteiger partial charge on any atom is -0.298 e. The fourth-order valence-corrected chi connectivity index (χ4v) is 4.04. The van der Waals surface area contributed by atoms with Crippen molar-refractivity contribution in [1.82, 2.24) is 9.88 Å². The van der Waals surface area contributed by atoms with Gasteiger partial charge in [0.2, 0.25) is 0 Å². The van der Waals surface area contributed by atoms with Gasteiger partial charge in [0, 0.05) is 30.6 Å². The highest BCUT2D eigenvalue weighted by molar-refractivity contribution is 7.13. The first-order valence-electron chi connectivity index (χ1n) is 8.13. The average molecular weight is 329 g/mol. The highest BCUT2D eigenvalue weighted by atomic mass is 32.1. The number of nitrogens with one attached hydrogen (secondary N) is 1. The summed E-state index contributed by atoms with van der Waals surface area (Å²) in [5, 5.41) is 5.60. The Bertz CT molecular complexity index is 645. The lowest BCUT2D eigenvalue weighted by Crippen LogP contribution is -2.38. The molecule has 0 radical (unpaired) electrons. The molecule has 23 heavy (non-hydrogen) atoms. The number of amides is 1. The summed E-state index contributed by atoms with van der Waals surface area (Å²) in [6, 6.07) is 9.24. The summed E-state index contributed by atoms with van der Waals surface area (Å²) in [5.41, 5.74) is 1.70. The number of piperidine rings is 1. The van der Waals surface area contributed by atoms with Crippen molar-refractivity contribution in [2.75, 3.05) is 18.4 Å². The lowest BCUT2D eigenvalue weighted by atomic mass is 9.92. The van der Waals surface area contributed by atoms with E-state index in [1.54, 1.807) is 12.1 Å². The molecule has 1 aliphatic rings. The van der Waals surface area contributed by atoms with Gasteiger partial charge in [-0.3, -0.25) is 15.0 Å². The lowest BCUT2D eigenvalue weighted by Gasteiger charge is -2.34. The van der Waals surface area contributed by atoms with E-state index in [1.165, 1.54) is 17.8 Å². The average Bonchev–Trinajstić information content (AvgIpc) is 2.94. The van der Waals surface area contributed by atoms with E-state index in [2.05, 4.69) is 29.0 Å². The quantitative estimate of drug-likeness (QED) is 0.926. The standard InChI is InChI=1S/C18H23N3OS/c1-13-8-14(2)10-21(9-13)11-16-12-23-18(19-16)20-17(22)15-6-4-3-5-7-15/h3-7,12-14H,8-11H2,1-2H3,(H,19,20,22). The van der Waals surface area contributed by atoms with Crippen LogP contribution >= 0.6 is 11.3 Å². The van der Waals surface area contributed by atoms with Gasteiger partial charge < -0.3 is 0 Å². The maximum Gasteiger partial charge on any atom is 0.257 e. The van der Waals surface area contributed by atoms with E-state index in [9.17, 15) is 4.79 Å². The molecule has 0 bridgehead atoms. The zero-order chi connectivity index (χ0) is 16.2. The van der Waals surface area contributed by atoms with Gasteiger partial charge in [-0.2, -0.15) is 0 Å². The summed E-state index contributed by atoms with van der Waals surface area (Å²) < 4.78 is 0. The molecule has 0 aliphatic carbocycles. The monoisotopic (exact) mass is 329 g/mol. The number of aromatic nitrogens is 1. The Hall–Kier alpha value is -1.72. The molecular weight excluding hydrogens is 306 g/mol. The number of thiazole rings is 1. The number of benzene rings is 1. The molecule has 122 valence electrons. The molecule has 1 amide bonds. The molecule has 1 aromatic heterocycles. The molecule has 2 aromatic rings. The zero-order valence-corrected chi connectivity index (χ0v) is 14.5. The van der Waals surface area contributed by atoms with Crippen molar-refractivity contribution in [3.63, 3.8) is 0 Å². The number of carbonyl (C=O) groups excluding carboxylic acids is 1. The second-order valence-electron chi connectivity index (χ2n) is 6.60. The predicted molar refractivity (Wildman–Crippen MR) is 94.7 cm³/mol. The summed E-state index contributed by atoms with van der Waals surface area (Å²) in [7, 11) is 0. The smallest absolute Gasteiger partial charge is 0.257 e. The van der Waals surface area contributed by atoms with E-state index in [0.717, 1.165) is 37.2 Å². The summed E-state index contributed by atoms with van der Waals surface area (Å²) in [6.45, 7) is 7.76. The van der Waals surface area contributed by atoms with Gasteiger partial charge in [-0.1, -0.05) is 32.0 Å². The fraction of sp³-hybridized carbons (Fsp3) is 0.444. The van der Waals surface area contributed by atoms with Crippen LogP contribution in [0.4, 0.5) is 5.13 Å². The SMILES string of the molecule is CC1CC(C)CN(Cc2csc(NC(=O)c3ccccc3)n2)C1. The van der Waals surface area contributed by atoms with Crippen LogP contribution < -0.4 is 5.32 Å². The van der Waals surface area contributed by atoms with Crippen molar-refractivity contribution >= 4 is 22.4 Å². The minimum atomic E-state index is -0.105. The van der Waals surface area contributed by atoms with E-state index >= 15 is 0 Å². The Balaban J connectivity index is 1.59. The first kappa shape index (κ1) is 16.1. The first-order chi connectivity index (χ1) is 11.1. The van der Waals surface area contributed by atoms with Crippen LogP contribution in [0.5, 0.6) is 0 Å². The molecule has 2 unspecified atom stereocenters. The van der Waals surface area contributed by atoms with Gasteiger partial charge in [-0.15, -0.1) is 11.3 Å². The van der Waals surface area contributed by atoms with Crippen molar-refractivity contribution in [2.45, 2.75) is 26.8 Å². The number of carbonyl (C=O) groups is 1. The van der Waals surface area contributed by atoms with Gasteiger partial charge in [-0.05, 0) is 30.4 Å². The molecule has 1 aromatic carbocycles. The second kappa shape index (κ2) is 7.23. The number of rotatable bonds is 4. The van der Waals surface area contributed by atoms with Gasteiger partial charge >= 0.3 is 0 Å². The normalized spacial score (nSPS) is 22.0. The number of hydrogen-bond donors (Lipinski definition) is 1. The van der Waals surface area contributed by atoms with Crippen molar-refractivity contribution in [1.29, 1.82) is 0 Å². The van der Waals surface area contributed by atoms with Crippen molar-refractivity contribution in [3.05, 3.63) is 47.0 Å². The number of nitrogens with zero attached hydrogens (tertiary/aromatic N) is 2. The van der Waals surface area contributed by atoms with Crippen molar-refractivity contribution in [3.8, 4) is 0 Å². The molecule has 0 spiro atoms. The Morgan fingerprint density at radius 3 is 2.65 bits per heavy atom. The molecule has 2 atom stereocenters. The topological polar surface area (TPSA) is 45.2 Å². The predicted octanol–water partition coefficient (Wildman–Crippen LogP) is 3.87. The maximum absolute atomic E-state index is 12.1.